The maximum Gasteiger partial charge on any atom is 0.251 e. The maximum atomic E-state index is 12.1. The Labute approximate surface area is 125 Å². The number of anilines is 1. The van der Waals surface area contributed by atoms with Crippen LogP contribution in [0.15, 0.2) is 18.2 Å². The molecule has 0 radical (unpaired) electrons. The summed E-state index contributed by atoms with van der Waals surface area (Å²) in [6.45, 7) is 5.17. The summed E-state index contributed by atoms with van der Waals surface area (Å²) in [4.78, 5) is 23.6. The molecular formula is C16H23N3O2. The molecule has 0 unspecified atom stereocenters. The van der Waals surface area contributed by atoms with Crippen LogP contribution < -0.4 is 16.0 Å². The van der Waals surface area contributed by atoms with E-state index in [2.05, 4.69) is 16.0 Å². The number of rotatable bonds is 5. The van der Waals surface area contributed by atoms with Crippen molar-refractivity contribution in [3.63, 3.8) is 0 Å². The lowest BCUT2D eigenvalue weighted by atomic mass is 10.0. The monoisotopic (exact) mass is 289 g/mol. The second-order valence-corrected chi connectivity index (χ2v) is 5.63. The van der Waals surface area contributed by atoms with Gasteiger partial charge in [-0.05, 0) is 50.5 Å². The zero-order valence-electron chi connectivity index (χ0n) is 12.7. The van der Waals surface area contributed by atoms with Crippen LogP contribution in [-0.4, -0.2) is 30.9 Å². The largest absolute Gasteiger partial charge is 0.385 e. The van der Waals surface area contributed by atoms with Gasteiger partial charge in [0, 0.05) is 36.8 Å². The first-order valence-corrected chi connectivity index (χ1v) is 7.50. The smallest absolute Gasteiger partial charge is 0.251 e. The highest BCUT2D eigenvalue weighted by molar-refractivity contribution is 5.95. The molecule has 0 spiro atoms. The zero-order valence-corrected chi connectivity index (χ0v) is 12.7. The molecule has 0 atom stereocenters. The van der Waals surface area contributed by atoms with Crippen molar-refractivity contribution < 1.29 is 9.59 Å². The molecule has 1 aromatic carbocycles. The summed E-state index contributed by atoms with van der Waals surface area (Å²) >= 11 is 0. The number of fused-ring (bicyclic) bond motifs is 1. The van der Waals surface area contributed by atoms with Crippen molar-refractivity contribution >= 4 is 17.5 Å². The summed E-state index contributed by atoms with van der Waals surface area (Å²) in [5.41, 5.74) is 2.96. The molecule has 5 heteroatoms. The molecule has 21 heavy (non-hydrogen) atoms. The van der Waals surface area contributed by atoms with E-state index < -0.39 is 0 Å². The maximum absolute atomic E-state index is 12.1. The van der Waals surface area contributed by atoms with Gasteiger partial charge in [-0.25, -0.2) is 0 Å². The average molecular weight is 289 g/mol. The van der Waals surface area contributed by atoms with Crippen molar-refractivity contribution in [2.45, 2.75) is 39.2 Å². The first-order chi connectivity index (χ1) is 10.1. The van der Waals surface area contributed by atoms with Crippen LogP contribution in [0, 0.1) is 0 Å². The number of benzene rings is 1. The lowest BCUT2D eigenvalue weighted by Gasteiger charge is -2.18. The highest BCUT2D eigenvalue weighted by atomic mass is 16.2. The Hall–Kier alpha value is -2.04. The molecule has 1 aliphatic rings. The Kier molecular flexibility index (Phi) is 5.20. The molecule has 0 bridgehead atoms. The van der Waals surface area contributed by atoms with Crippen LogP contribution in [0.5, 0.6) is 0 Å². The van der Waals surface area contributed by atoms with E-state index in [0.29, 0.717) is 18.5 Å². The molecule has 1 aromatic rings. The van der Waals surface area contributed by atoms with Crippen LogP contribution in [0.25, 0.3) is 0 Å². The standard InChI is InChI=1S/C16H23N3O2/c1-11(2)19-15(20)7-9-18-16(21)13-5-6-14-12(10-13)4-3-8-17-14/h5-6,10-11,17H,3-4,7-9H2,1-2H3,(H,18,21)(H,19,20). The topological polar surface area (TPSA) is 70.2 Å². The molecule has 5 nitrogen and oxygen atoms in total. The first-order valence-electron chi connectivity index (χ1n) is 7.50. The zero-order chi connectivity index (χ0) is 15.2. The summed E-state index contributed by atoms with van der Waals surface area (Å²) in [7, 11) is 0. The molecule has 2 rings (SSSR count). The van der Waals surface area contributed by atoms with Gasteiger partial charge in [-0.3, -0.25) is 9.59 Å². The molecule has 0 saturated carbocycles. The SMILES string of the molecule is CC(C)NC(=O)CCNC(=O)c1ccc2c(c1)CCCN2. The number of amides is 2. The molecular weight excluding hydrogens is 266 g/mol. The van der Waals surface area contributed by atoms with Crippen LogP contribution in [0.1, 0.15) is 42.6 Å². The van der Waals surface area contributed by atoms with E-state index in [1.54, 1.807) is 0 Å². The minimum absolute atomic E-state index is 0.0417. The molecule has 0 fully saturated rings. The van der Waals surface area contributed by atoms with Crippen LogP contribution in [0.4, 0.5) is 5.69 Å². The number of hydrogen-bond donors (Lipinski definition) is 3. The molecule has 3 N–H and O–H groups in total. The van der Waals surface area contributed by atoms with Crippen molar-refractivity contribution in [3.8, 4) is 0 Å². The van der Waals surface area contributed by atoms with Crippen molar-refractivity contribution in [3.05, 3.63) is 29.3 Å². The Morgan fingerprint density at radius 2 is 2.14 bits per heavy atom. The Morgan fingerprint density at radius 1 is 1.33 bits per heavy atom. The summed E-state index contributed by atoms with van der Waals surface area (Å²) in [6, 6.07) is 5.84. The van der Waals surface area contributed by atoms with E-state index in [0.717, 1.165) is 25.1 Å². The summed E-state index contributed by atoms with van der Waals surface area (Å²) in [5, 5.41) is 8.91. The van der Waals surface area contributed by atoms with E-state index in [1.165, 1.54) is 5.56 Å². The minimum Gasteiger partial charge on any atom is -0.385 e. The molecule has 0 saturated heterocycles. The second kappa shape index (κ2) is 7.11. The predicted molar refractivity (Wildman–Crippen MR) is 83.5 cm³/mol. The molecule has 2 amide bonds. The summed E-state index contributed by atoms with van der Waals surface area (Å²) in [5.74, 6) is -0.166. The highest BCUT2D eigenvalue weighted by Crippen LogP contribution is 2.22. The number of carbonyl (C=O) groups is 2. The third-order valence-electron chi connectivity index (χ3n) is 3.39. The van der Waals surface area contributed by atoms with Gasteiger partial charge in [0.1, 0.15) is 0 Å². The van der Waals surface area contributed by atoms with Gasteiger partial charge in [-0.15, -0.1) is 0 Å². The van der Waals surface area contributed by atoms with Gasteiger partial charge < -0.3 is 16.0 Å². The Balaban J connectivity index is 1.85. The molecule has 1 heterocycles. The van der Waals surface area contributed by atoms with E-state index in [4.69, 9.17) is 0 Å². The summed E-state index contributed by atoms with van der Waals surface area (Å²) < 4.78 is 0. The van der Waals surface area contributed by atoms with E-state index in [1.807, 2.05) is 32.0 Å². The lowest BCUT2D eigenvalue weighted by Crippen LogP contribution is -2.34. The van der Waals surface area contributed by atoms with Crippen molar-refractivity contribution in [2.75, 3.05) is 18.4 Å². The third kappa shape index (κ3) is 4.48. The van der Waals surface area contributed by atoms with Gasteiger partial charge in [-0.2, -0.15) is 0 Å². The van der Waals surface area contributed by atoms with Crippen LogP contribution in [0.3, 0.4) is 0 Å². The predicted octanol–water partition coefficient (Wildman–Crippen LogP) is 1.69. The lowest BCUT2D eigenvalue weighted by molar-refractivity contribution is -0.121. The number of aryl methyl sites for hydroxylation is 1. The van der Waals surface area contributed by atoms with Gasteiger partial charge in [0.25, 0.3) is 5.91 Å². The fraction of sp³-hybridized carbons (Fsp3) is 0.500. The van der Waals surface area contributed by atoms with Crippen molar-refractivity contribution in [2.24, 2.45) is 0 Å². The first kappa shape index (κ1) is 15.4. The van der Waals surface area contributed by atoms with E-state index >= 15 is 0 Å². The second-order valence-electron chi connectivity index (χ2n) is 5.63. The highest BCUT2D eigenvalue weighted by Gasteiger charge is 2.12. The molecule has 114 valence electrons. The van der Waals surface area contributed by atoms with Crippen LogP contribution in [0.2, 0.25) is 0 Å². The van der Waals surface area contributed by atoms with E-state index in [9.17, 15) is 9.59 Å². The van der Waals surface area contributed by atoms with E-state index in [-0.39, 0.29) is 17.9 Å². The average Bonchev–Trinajstić information content (AvgIpc) is 2.45. The quantitative estimate of drug-likeness (QED) is 0.772. The molecule has 0 aliphatic carbocycles. The Morgan fingerprint density at radius 3 is 2.90 bits per heavy atom. The fourth-order valence-electron chi connectivity index (χ4n) is 2.40. The molecule has 0 aromatic heterocycles. The Bertz CT molecular complexity index is 526. The normalized spacial score (nSPS) is 13.3. The third-order valence-corrected chi connectivity index (χ3v) is 3.39. The van der Waals surface area contributed by atoms with Gasteiger partial charge >= 0.3 is 0 Å². The summed E-state index contributed by atoms with van der Waals surface area (Å²) in [6.07, 6.45) is 2.39. The van der Waals surface area contributed by atoms with Crippen molar-refractivity contribution in [1.29, 1.82) is 0 Å². The number of nitrogens with one attached hydrogen (secondary N) is 3. The van der Waals surface area contributed by atoms with Gasteiger partial charge in [0.15, 0.2) is 0 Å². The minimum atomic E-state index is -0.124. The van der Waals surface area contributed by atoms with Gasteiger partial charge in [0.2, 0.25) is 5.91 Å². The van der Waals surface area contributed by atoms with Crippen molar-refractivity contribution in [1.82, 2.24) is 10.6 Å². The molecule has 1 aliphatic heterocycles. The van der Waals surface area contributed by atoms with Crippen LogP contribution in [-0.2, 0) is 11.2 Å². The fourth-order valence-corrected chi connectivity index (χ4v) is 2.40. The van der Waals surface area contributed by atoms with Gasteiger partial charge in [0.05, 0.1) is 0 Å². The van der Waals surface area contributed by atoms with Crippen LogP contribution >= 0.6 is 0 Å². The number of carbonyl (C=O) groups excluding carboxylic acids is 2. The van der Waals surface area contributed by atoms with Gasteiger partial charge in [-0.1, -0.05) is 0 Å². The number of hydrogen-bond acceptors (Lipinski definition) is 3.